The van der Waals surface area contributed by atoms with E-state index in [2.05, 4.69) is 40.1 Å². The van der Waals surface area contributed by atoms with Gasteiger partial charge < -0.3 is 9.30 Å². The highest BCUT2D eigenvalue weighted by Crippen LogP contribution is 2.23. The maximum Gasteiger partial charge on any atom is 0.120 e. The van der Waals surface area contributed by atoms with E-state index < -0.39 is 0 Å². The van der Waals surface area contributed by atoms with Gasteiger partial charge in [0, 0.05) is 49.0 Å². The molecule has 0 saturated heterocycles. The number of hydrogen-bond donors (Lipinski definition) is 0. The largest absolute Gasteiger partial charge is 0.491 e. The third-order valence-electron chi connectivity index (χ3n) is 3.65. The number of benzene rings is 1. The van der Waals surface area contributed by atoms with Gasteiger partial charge in [0.2, 0.25) is 0 Å². The molecule has 0 unspecified atom stereocenters. The van der Waals surface area contributed by atoms with Gasteiger partial charge in [-0.15, -0.1) is 0 Å². The summed E-state index contributed by atoms with van der Waals surface area (Å²) in [6.07, 6.45) is 5.16. The lowest BCUT2D eigenvalue weighted by molar-refractivity contribution is 0.243. The van der Waals surface area contributed by atoms with Crippen LogP contribution in [0.2, 0.25) is 0 Å². The molecule has 0 bridgehead atoms. The average molecular weight is 283 g/mol. The average Bonchev–Trinajstić information content (AvgIpc) is 3.02. The van der Waals surface area contributed by atoms with Crippen molar-refractivity contribution in [2.75, 3.05) is 0 Å². The highest BCUT2D eigenvalue weighted by molar-refractivity contribution is 5.81. The van der Waals surface area contributed by atoms with Crippen molar-refractivity contribution in [1.29, 1.82) is 0 Å². The standard InChI is InChI=1S/C17H21N3O/c1-13(2)21-16-4-5-17-14(12-16)7-10-20(17)11-8-15-6-9-18-19(15)3/h4-7,9-10,12-13H,8,11H2,1-3H3. The molecule has 4 nitrogen and oxygen atoms in total. The molecule has 0 spiro atoms. The smallest absolute Gasteiger partial charge is 0.120 e. The van der Waals surface area contributed by atoms with E-state index in [1.807, 2.05) is 37.8 Å². The Morgan fingerprint density at radius 2 is 2.05 bits per heavy atom. The summed E-state index contributed by atoms with van der Waals surface area (Å²) in [6, 6.07) is 10.5. The summed E-state index contributed by atoms with van der Waals surface area (Å²) in [5.41, 5.74) is 2.49. The fourth-order valence-corrected chi connectivity index (χ4v) is 2.60. The first-order chi connectivity index (χ1) is 10.1. The van der Waals surface area contributed by atoms with Gasteiger partial charge in [0.15, 0.2) is 0 Å². The lowest BCUT2D eigenvalue weighted by Crippen LogP contribution is -2.06. The molecule has 0 aliphatic rings. The van der Waals surface area contributed by atoms with Gasteiger partial charge in [-0.1, -0.05) is 0 Å². The van der Waals surface area contributed by atoms with E-state index in [0.717, 1.165) is 18.7 Å². The molecule has 21 heavy (non-hydrogen) atoms. The van der Waals surface area contributed by atoms with Crippen LogP contribution in [0.5, 0.6) is 5.75 Å². The van der Waals surface area contributed by atoms with E-state index in [-0.39, 0.29) is 6.10 Å². The van der Waals surface area contributed by atoms with E-state index in [0.29, 0.717) is 0 Å². The van der Waals surface area contributed by atoms with Gasteiger partial charge in [0.25, 0.3) is 0 Å². The van der Waals surface area contributed by atoms with E-state index in [1.165, 1.54) is 16.6 Å². The molecule has 3 aromatic rings. The highest BCUT2D eigenvalue weighted by Gasteiger charge is 2.05. The Morgan fingerprint density at radius 1 is 1.19 bits per heavy atom. The van der Waals surface area contributed by atoms with E-state index in [4.69, 9.17) is 4.74 Å². The lowest BCUT2D eigenvalue weighted by Gasteiger charge is -2.10. The summed E-state index contributed by atoms with van der Waals surface area (Å²) in [6.45, 7) is 5.04. The number of nitrogens with zero attached hydrogens (tertiary/aromatic N) is 3. The number of fused-ring (bicyclic) bond motifs is 1. The molecule has 0 N–H and O–H groups in total. The number of rotatable bonds is 5. The Hall–Kier alpha value is -2.23. The zero-order valence-corrected chi connectivity index (χ0v) is 12.8. The maximum absolute atomic E-state index is 5.75. The Labute approximate surface area is 124 Å². The maximum atomic E-state index is 5.75. The third-order valence-corrected chi connectivity index (χ3v) is 3.65. The van der Waals surface area contributed by atoms with Gasteiger partial charge in [-0.05, 0) is 44.2 Å². The fourth-order valence-electron chi connectivity index (χ4n) is 2.60. The second-order valence-corrected chi connectivity index (χ2v) is 5.59. The van der Waals surface area contributed by atoms with Crippen LogP contribution in [-0.4, -0.2) is 20.5 Å². The van der Waals surface area contributed by atoms with Crippen LogP contribution in [-0.2, 0) is 20.0 Å². The van der Waals surface area contributed by atoms with Gasteiger partial charge >= 0.3 is 0 Å². The van der Waals surface area contributed by atoms with Crippen molar-refractivity contribution < 1.29 is 4.74 Å². The van der Waals surface area contributed by atoms with Crippen LogP contribution in [0.4, 0.5) is 0 Å². The number of hydrogen-bond acceptors (Lipinski definition) is 2. The quantitative estimate of drug-likeness (QED) is 0.718. The van der Waals surface area contributed by atoms with E-state index >= 15 is 0 Å². The first-order valence-corrected chi connectivity index (χ1v) is 7.36. The van der Waals surface area contributed by atoms with Crippen LogP contribution >= 0.6 is 0 Å². The van der Waals surface area contributed by atoms with Crippen LogP contribution in [0.1, 0.15) is 19.5 Å². The zero-order chi connectivity index (χ0) is 14.8. The van der Waals surface area contributed by atoms with Crippen molar-refractivity contribution in [3.8, 4) is 5.75 Å². The molecule has 2 heterocycles. The minimum Gasteiger partial charge on any atom is -0.491 e. The first kappa shape index (κ1) is 13.7. The number of ether oxygens (including phenoxy) is 1. The van der Waals surface area contributed by atoms with Crippen LogP contribution in [0, 0.1) is 0 Å². The summed E-state index contributed by atoms with van der Waals surface area (Å²) < 4.78 is 9.96. The third kappa shape index (κ3) is 2.94. The molecule has 4 heteroatoms. The molecule has 3 rings (SSSR count). The van der Waals surface area contributed by atoms with Gasteiger partial charge in [-0.3, -0.25) is 4.68 Å². The monoisotopic (exact) mass is 283 g/mol. The van der Waals surface area contributed by atoms with Gasteiger partial charge in [0.1, 0.15) is 5.75 Å². The molecular weight excluding hydrogens is 262 g/mol. The van der Waals surface area contributed by atoms with Gasteiger partial charge in [-0.25, -0.2) is 0 Å². The summed E-state index contributed by atoms with van der Waals surface area (Å²) in [5.74, 6) is 0.932. The molecule has 1 aromatic carbocycles. The Balaban J connectivity index is 1.79. The summed E-state index contributed by atoms with van der Waals surface area (Å²) in [4.78, 5) is 0. The SMILES string of the molecule is CC(C)Oc1ccc2c(ccn2CCc2ccnn2C)c1. The van der Waals surface area contributed by atoms with Crippen molar-refractivity contribution in [2.45, 2.75) is 32.9 Å². The Kier molecular flexibility index (Phi) is 3.69. The molecule has 0 radical (unpaired) electrons. The molecule has 0 aliphatic heterocycles. The molecule has 0 saturated carbocycles. The van der Waals surface area contributed by atoms with Gasteiger partial charge in [0.05, 0.1) is 6.10 Å². The van der Waals surface area contributed by atoms with Crippen LogP contribution in [0.25, 0.3) is 10.9 Å². The highest BCUT2D eigenvalue weighted by atomic mass is 16.5. The van der Waals surface area contributed by atoms with E-state index in [1.54, 1.807) is 0 Å². The minimum absolute atomic E-state index is 0.203. The summed E-state index contributed by atoms with van der Waals surface area (Å²) in [5, 5.41) is 5.43. The number of aromatic nitrogens is 3. The first-order valence-electron chi connectivity index (χ1n) is 7.36. The predicted octanol–water partition coefficient (Wildman–Crippen LogP) is 3.40. The van der Waals surface area contributed by atoms with E-state index in [9.17, 15) is 0 Å². The predicted molar refractivity (Wildman–Crippen MR) is 84.6 cm³/mol. The van der Waals surface area contributed by atoms with Crippen LogP contribution < -0.4 is 4.74 Å². The van der Waals surface area contributed by atoms with Crippen molar-refractivity contribution in [3.05, 3.63) is 48.4 Å². The molecule has 0 fully saturated rings. The second kappa shape index (κ2) is 5.64. The van der Waals surface area contributed by atoms with Crippen molar-refractivity contribution in [3.63, 3.8) is 0 Å². The lowest BCUT2D eigenvalue weighted by atomic mass is 10.2. The Bertz CT molecular complexity index is 739. The molecule has 2 aromatic heterocycles. The molecule has 110 valence electrons. The normalized spacial score (nSPS) is 11.4. The number of aryl methyl sites for hydroxylation is 3. The topological polar surface area (TPSA) is 32.0 Å². The minimum atomic E-state index is 0.203. The molecule has 0 aliphatic carbocycles. The Morgan fingerprint density at radius 3 is 2.76 bits per heavy atom. The van der Waals surface area contributed by atoms with Gasteiger partial charge in [-0.2, -0.15) is 5.10 Å². The van der Waals surface area contributed by atoms with Crippen molar-refractivity contribution in [2.24, 2.45) is 7.05 Å². The molecule has 0 atom stereocenters. The van der Waals surface area contributed by atoms with Crippen LogP contribution in [0.15, 0.2) is 42.7 Å². The molecule has 0 amide bonds. The second-order valence-electron chi connectivity index (χ2n) is 5.59. The fraction of sp³-hybridized carbons (Fsp3) is 0.353. The zero-order valence-electron chi connectivity index (χ0n) is 12.8. The van der Waals surface area contributed by atoms with Crippen molar-refractivity contribution in [1.82, 2.24) is 14.3 Å². The summed E-state index contributed by atoms with van der Waals surface area (Å²) in [7, 11) is 1.98. The van der Waals surface area contributed by atoms with Crippen molar-refractivity contribution >= 4 is 10.9 Å². The summed E-state index contributed by atoms with van der Waals surface area (Å²) >= 11 is 0. The van der Waals surface area contributed by atoms with Crippen LogP contribution in [0.3, 0.4) is 0 Å². The molecular formula is C17H21N3O.